The molecule has 1 heterocycles. The quantitative estimate of drug-likeness (QED) is 0.619. The standard InChI is InChI=1S/C6H11N3O3/c1-11-3-5-8-6(12-9-5)4(7)2-10/h4,10H,2-3,7H2,1H3/t4-/m1/s1. The van der Waals surface area contributed by atoms with Gasteiger partial charge in [0, 0.05) is 7.11 Å². The molecule has 0 aliphatic rings. The Morgan fingerprint density at radius 1 is 1.75 bits per heavy atom. The molecular formula is C6H11N3O3. The molecule has 0 saturated carbocycles. The van der Waals surface area contributed by atoms with Gasteiger partial charge < -0.3 is 20.1 Å². The highest BCUT2D eigenvalue weighted by Gasteiger charge is 2.12. The fourth-order valence-corrected chi connectivity index (χ4v) is 0.684. The number of nitrogens with two attached hydrogens (primary N) is 1. The molecule has 0 aromatic carbocycles. The van der Waals surface area contributed by atoms with Crippen molar-refractivity contribution in [1.82, 2.24) is 10.1 Å². The summed E-state index contributed by atoms with van der Waals surface area (Å²) in [7, 11) is 1.53. The Morgan fingerprint density at radius 2 is 2.50 bits per heavy atom. The maximum Gasteiger partial charge on any atom is 0.246 e. The summed E-state index contributed by atoms with van der Waals surface area (Å²) in [6.07, 6.45) is 0. The van der Waals surface area contributed by atoms with Crippen LogP contribution in [0.3, 0.4) is 0 Å². The summed E-state index contributed by atoms with van der Waals surface area (Å²) in [5.41, 5.74) is 5.42. The van der Waals surface area contributed by atoms with Crippen LogP contribution < -0.4 is 5.73 Å². The molecule has 6 heteroatoms. The van der Waals surface area contributed by atoms with Crippen LogP contribution in [0.1, 0.15) is 17.8 Å². The fraction of sp³-hybridized carbons (Fsp3) is 0.667. The van der Waals surface area contributed by atoms with E-state index in [1.54, 1.807) is 0 Å². The first-order valence-corrected chi connectivity index (χ1v) is 3.45. The van der Waals surface area contributed by atoms with Gasteiger partial charge in [0.15, 0.2) is 5.82 Å². The van der Waals surface area contributed by atoms with E-state index in [1.807, 2.05) is 0 Å². The second-order valence-corrected chi connectivity index (χ2v) is 2.27. The fourth-order valence-electron chi connectivity index (χ4n) is 0.684. The molecule has 0 unspecified atom stereocenters. The van der Waals surface area contributed by atoms with Gasteiger partial charge in [0.1, 0.15) is 12.6 Å². The minimum atomic E-state index is -0.608. The molecule has 0 aliphatic heterocycles. The van der Waals surface area contributed by atoms with E-state index in [1.165, 1.54) is 7.11 Å². The van der Waals surface area contributed by atoms with Crippen LogP contribution in [0.4, 0.5) is 0 Å². The van der Waals surface area contributed by atoms with Crippen LogP contribution in [-0.2, 0) is 11.3 Å². The molecule has 0 radical (unpaired) electrons. The van der Waals surface area contributed by atoms with Crippen LogP contribution in [0.15, 0.2) is 4.52 Å². The molecule has 1 rings (SSSR count). The highest BCUT2D eigenvalue weighted by molar-refractivity contribution is 4.90. The van der Waals surface area contributed by atoms with Gasteiger partial charge in [0.25, 0.3) is 0 Å². The van der Waals surface area contributed by atoms with E-state index in [-0.39, 0.29) is 19.1 Å². The van der Waals surface area contributed by atoms with Crippen molar-refractivity contribution in [1.29, 1.82) is 0 Å². The molecule has 0 aliphatic carbocycles. The second kappa shape index (κ2) is 4.15. The molecule has 68 valence electrons. The minimum absolute atomic E-state index is 0.214. The monoisotopic (exact) mass is 173 g/mol. The molecule has 3 N–H and O–H groups in total. The Kier molecular flexibility index (Phi) is 3.15. The third kappa shape index (κ3) is 2.00. The molecule has 1 aromatic rings. The number of hydrogen-bond acceptors (Lipinski definition) is 6. The number of methoxy groups -OCH3 is 1. The van der Waals surface area contributed by atoms with E-state index in [2.05, 4.69) is 10.1 Å². The summed E-state index contributed by atoms with van der Waals surface area (Å²) in [6.45, 7) is 0.0657. The van der Waals surface area contributed by atoms with E-state index < -0.39 is 6.04 Å². The zero-order chi connectivity index (χ0) is 8.97. The van der Waals surface area contributed by atoms with Gasteiger partial charge in [-0.3, -0.25) is 0 Å². The highest BCUT2D eigenvalue weighted by Crippen LogP contribution is 2.06. The van der Waals surface area contributed by atoms with Crippen molar-refractivity contribution < 1.29 is 14.4 Å². The Balaban J connectivity index is 2.63. The summed E-state index contributed by atoms with van der Waals surface area (Å²) in [5, 5.41) is 12.2. The SMILES string of the molecule is COCc1noc([C@H](N)CO)n1. The number of rotatable bonds is 4. The van der Waals surface area contributed by atoms with Gasteiger partial charge in [0.05, 0.1) is 6.61 Å². The van der Waals surface area contributed by atoms with Crippen LogP contribution in [0.25, 0.3) is 0 Å². The van der Waals surface area contributed by atoms with E-state index in [9.17, 15) is 0 Å². The second-order valence-electron chi connectivity index (χ2n) is 2.27. The van der Waals surface area contributed by atoms with Crippen LogP contribution in [0, 0.1) is 0 Å². The first kappa shape index (κ1) is 9.11. The first-order valence-electron chi connectivity index (χ1n) is 3.45. The lowest BCUT2D eigenvalue weighted by Gasteiger charge is -1.98. The van der Waals surface area contributed by atoms with Crippen molar-refractivity contribution in [3.8, 4) is 0 Å². The Bertz CT molecular complexity index is 238. The average molecular weight is 173 g/mol. The van der Waals surface area contributed by atoms with Crippen molar-refractivity contribution in [2.45, 2.75) is 12.6 Å². The summed E-state index contributed by atoms with van der Waals surface area (Å²) in [6, 6.07) is -0.608. The van der Waals surface area contributed by atoms with Crippen LogP contribution >= 0.6 is 0 Å². The third-order valence-corrected chi connectivity index (χ3v) is 1.27. The number of aliphatic hydroxyl groups is 1. The van der Waals surface area contributed by atoms with Gasteiger partial charge in [0.2, 0.25) is 5.89 Å². The molecule has 0 spiro atoms. The number of hydrogen-bond donors (Lipinski definition) is 2. The van der Waals surface area contributed by atoms with Crippen LogP contribution in [-0.4, -0.2) is 29.0 Å². The zero-order valence-electron chi connectivity index (χ0n) is 6.73. The maximum atomic E-state index is 8.64. The van der Waals surface area contributed by atoms with Gasteiger partial charge in [-0.2, -0.15) is 4.98 Å². The molecule has 0 fully saturated rings. The Hall–Kier alpha value is -0.980. The smallest absolute Gasteiger partial charge is 0.246 e. The zero-order valence-corrected chi connectivity index (χ0v) is 6.73. The molecule has 0 saturated heterocycles. The summed E-state index contributed by atoms with van der Waals surface area (Å²) < 4.78 is 9.51. The molecule has 0 bridgehead atoms. The molecule has 12 heavy (non-hydrogen) atoms. The van der Waals surface area contributed by atoms with Crippen molar-refractivity contribution in [3.63, 3.8) is 0 Å². The summed E-state index contributed by atoms with van der Waals surface area (Å²) in [5.74, 6) is 0.654. The predicted molar refractivity (Wildman–Crippen MR) is 39.0 cm³/mol. The van der Waals surface area contributed by atoms with Gasteiger partial charge in [-0.1, -0.05) is 5.16 Å². The lowest BCUT2D eigenvalue weighted by atomic mass is 10.3. The lowest BCUT2D eigenvalue weighted by Crippen LogP contribution is -2.14. The van der Waals surface area contributed by atoms with E-state index in [0.717, 1.165) is 0 Å². The molecule has 6 nitrogen and oxygen atoms in total. The maximum absolute atomic E-state index is 8.64. The highest BCUT2D eigenvalue weighted by atomic mass is 16.5. The topological polar surface area (TPSA) is 94.4 Å². The number of ether oxygens (including phenoxy) is 1. The summed E-state index contributed by atoms with van der Waals surface area (Å²) >= 11 is 0. The minimum Gasteiger partial charge on any atom is -0.394 e. The van der Waals surface area contributed by atoms with Crippen LogP contribution in [0.2, 0.25) is 0 Å². The van der Waals surface area contributed by atoms with Crippen LogP contribution in [0.5, 0.6) is 0 Å². The molecular weight excluding hydrogens is 162 g/mol. The van der Waals surface area contributed by atoms with E-state index in [0.29, 0.717) is 5.82 Å². The Labute approximate surface area is 69.3 Å². The van der Waals surface area contributed by atoms with E-state index in [4.69, 9.17) is 20.1 Å². The van der Waals surface area contributed by atoms with Gasteiger partial charge in [-0.05, 0) is 0 Å². The Morgan fingerprint density at radius 3 is 3.08 bits per heavy atom. The average Bonchev–Trinajstić information content (AvgIpc) is 2.52. The van der Waals surface area contributed by atoms with Crippen molar-refractivity contribution in [3.05, 3.63) is 11.7 Å². The molecule has 1 atom stereocenters. The van der Waals surface area contributed by atoms with Crippen molar-refractivity contribution in [2.75, 3.05) is 13.7 Å². The predicted octanol–water partition coefficient (Wildman–Crippen LogP) is -0.792. The summed E-state index contributed by atoms with van der Waals surface area (Å²) in [4.78, 5) is 3.88. The van der Waals surface area contributed by atoms with Crippen molar-refractivity contribution >= 4 is 0 Å². The largest absolute Gasteiger partial charge is 0.394 e. The van der Waals surface area contributed by atoms with E-state index >= 15 is 0 Å². The normalized spacial score (nSPS) is 13.2. The molecule has 0 amide bonds. The van der Waals surface area contributed by atoms with Crippen molar-refractivity contribution in [2.24, 2.45) is 5.73 Å². The lowest BCUT2D eigenvalue weighted by molar-refractivity contribution is 0.174. The number of aliphatic hydroxyl groups excluding tert-OH is 1. The van der Waals surface area contributed by atoms with Gasteiger partial charge >= 0.3 is 0 Å². The number of nitrogens with zero attached hydrogens (tertiary/aromatic N) is 2. The number of aromatic nitrogens is 2. The van der Waals surface area contributed by atoms with Gasteiger partial charge in [-0.15, -0.1) is 0 Å². The first-order chi connectivity index (χ1) is 5.77. The van der Waals surface area contributed by atoms with Gasteiger partial charge in [-0.25, -0.2) is 0 Å². The molecule has 1 aromatic heterocycles. The third-order valence-electron chi connectivity index (χ3n) is 1.27.